The van der Waals surface area contributed by atoms with Gasteiger partial charge in [-0.3, -0.25) is 0 Å². The average molecular weight is 763 g/mol. The highest BCUT2D eigenvalue weighted by Crippen LogP contribution is 2.53. The summed E-state index contributed by atoms with van der Waals surface area (Å²) in [6.45, 7) is 4.79. The molecule has 6 aromatic carbocycles. The van der Waals surface area contributed by atoms with Crippen molar-refractivity contribution in [3.63, 3.8) is 0 Å². The summed E-state index contributed by atoms with van der Waals surface area (Å²) in [5.74, 6) is 1.68. The second-order valence-corrected chi connectivity index (χ2v) is 16.8. The number of para-hydroxylation sites is 1. The highest BCUT2D eigenvalue weighted by Gasteiger charge is 2.39. The number of likely N-dealkylation sites (N-methyl/N-ethyl adjacent to an activating group) is 1. The van der Waals surface area contributed by atoms with Gasteiger partial charge in [-0.15, -0.1) is 0 Å². The quantitative estimate of drug-likeness (QED) is 0.166. The van der Waals surface area contributed by atoms with Crippen LogP contribution in [0.1, 0.15) is 61.8 Å². The van der Waals surface area contributed by atoms with E-state index in [2.05, 4.69) is 200 Å². The van der Waals surface area contributed by atoms with Crippen LogP contribution in [0, 0.1) is 0 Å². The topological polar surface area (TPSA) is 32.9 Å². The third-order valence-electron chi connectivity index (χ3n) is 12.9. The van der Waals surface area contributed by atoms with Crippen molar-refractivity contribution in [3.05, 3.63) is 203 Å². The largest absolute Gasteiger partial charge is 0.333 e. The standard InChI is InChI=1S/C55H46N4/c1-55(2)48-26-12-10-22-44(48)46-25-15-24-43(51(46)55)36-28-31-42(32-29-36)59-49-27-13-11-23-45(49)47-35-40(30-33-50(47)59)39-20-14-21-41(34-39)52-56-53(37-16-6-4-7-17-37)58(3)54(57-52)38-18-8-5-9-19-38/h4,6-8,11-21,23-35,54H,5,9-10,22H2,1-3H3. The summed E-state index contributed by atoms with van der Waals surface area (Å²) in [6.07, 6.45) is 15.7. The molecule has 4 aliphatic rings. The molecule has 11 rings (SSSR count). The Morgan fingerprint density at radius 2 is 1.31 bits per heavy atom. The summed E-state index contributed by atoms with van der Waals surface area (Å²) in [5.41, 5.74) is 17.7. The third-order valence-corrected chi connectivity index (χ3v) is 12.9. The molecule has 0 saturated heterocycles. The molecule has 0 fully saturated rings. The molecular formula is C55H46N4. The van der Waals surface area contributed by atoms with Gasteiger partial charge in [-0.1, -0.05) is 147 Å². The maximum atomic E-state index is 5.29. The lowest BCUT2D eigenvalue weighted by atomic mass is 9.77. The van der Waals surface area contributed by atoms with Gasteiger partial charge in [-0.25, -0.2) is 9.98 Å². The lowest BCUT2D eigenvalue weighted by molar-refractivity contribution is 0.420. The van der Waals surface area contributed by atoms with Crippen LogP contribution in [0.25, 0.3) is 55.3 Å². The van der Waals surface area contributed by atoms with Crippen molar-refractivity contribution in [1.82, 2.24) is 9.47 Å². The molecule has 59 heavy (non-hydrogen) atoms. The van der Waals surface area contributed by atoms with Gasteiger partial charge in [0, 0.05) is 40.0 Å². The second-order valence-electron chi connectivity index (χ2n) is 16.8. The first-order valence-corrected chi connectivity index (χ1v) is 21.0. The number of hydrogen-bond donors (Lipinski definition) is 0. The Hall–Kier alpha value is -6.78. The van der Waals surface area contributed by atoms with E-state index < -0.39 is 0 Å². The van der Waals surface area contributed by atoms with Crippen LogP contribution in [-0.4, -0.2) is 34.4 Å². The Morgan fingerprint density at radius 1 is 0.593 bits per heavy atom. The molecule has 7 aromatic rings. The van der Waals surface area contributed by atoms with E-state index in [4.69, 9.17) is 9.98 Å². The molecule has 4 nitrogen and oxygen atoms in total. The minimum absolute atomic E-state index is 0.0213. The molecule has 0 bridgehead atoms. The molecule has 0 radical (unpaired) electrons. The van der Waals surface area contributed by atoms with Crippen LogP contribution in [0.15, 0.2) is 191 Å². The SMILES string of the molecule is CN1C(c2ccccc2)=NC(c2cccc(-c3ccc4c(c3)c3ccccc3n4-c3ccc(-c4cccc5c4C(C)(C)C4=C5CCC=C4)cc3)c2)=NC1C1=CCCC=C1. The van der Waals surface area contributed by atoms with Crippen LogP contribution in [0.4, 0.5) is 0 Å². The highest BCUT2D eigenvalue weighted by molar-refractivity contribution is 6.14. The predicted molar refractivity (Wildman–Crippen MR) is 247 cm³/mol. The molecule has 0 amide bonds. The van der Waals surface area contributed by atoms with E-state index in [0.717, 1.165) is 59.7 Å². The average Bonchev–Trinajstić information content (AvgIpc) is 3.75. The Kier molecular flexibility index (Phi) is 8.37. The first-order chi connectivity index (χ1) is 28.9. The summed E-state index contributed by atoms with van der Waals surface area (Å²) < 4.78 is 2.42. The van der Waals surface area contributed by atoms with Crippen LogP contribution < -0.4 is 0 Å². The van der Waals surface area contributed by atoms with Crippen molar-refractivity contribution in [2.24, 2.45) is 9.98 Å². The van der Waals surface area contributed by atoms with Gasteiger partial charge in [-0.2, -0.15) is 0 Å². The number of nitrogens with zero attached hydrogens (tertiary/aromatic N) is 4. The zero-order valence-electron chi connectivity index (χ0n) is 33.9. The van der Waals surface area contributed by atoms with E-state index in [-0.39, 0.29) is 11.6 Å². The Morgan fingerprint density at radius 3 is 2.15 bits per heavy atom. The van der Waals surface area contributed by atoms with Crippen LogP contribution in [0.3, 0.4) is 0 Å². The fourth-order valence-electron chi connectivity index (χ4n) is 10.1. The van der Waals surface area contributed by atoms with Crippen LogP contribution in [0.5, 0.6) is 0 Å². The summed E-state index contributed by atoms with van der Waals surface area (Å²) in [7, 11) is 2.10. The van der Waals surface area contributed by atoms with Gasteiger partial charge in [0.25, 0.3) is 0 Å². The maximum Gasteiger partial charge on any atom is 0.159 e. The van der Waals surface area contributed by atoms with Crippen LogP contribution in [-0.2, 0) is 5.41 Å². The van der Waals surface area contributed by atoms with Gasteiger partial charge in [0.05, 0.1) is 11.0 Å². The number of benzene rings is 6. The molecule has 3 aliphatic carbocycles. The Labute approximate surface area is 346 Å². The van der Waals surface area contributed by atoms with Crippen molar-refractivity contribution in [2.45, 2.75) is 51.1 Å². The van der Waals surface area contributed by atoms with Gasteiger partial charge in [0.1, 0.15) is 12.0 Å². The molecule has 1 aliphatic heterocycles. The lowest BCUT2D eigenvalue weighted by Gasteiger charge is -2.33. The summed E-state index contributed by atoms with van der Waals surface area (Å²) >= 11 is 0. The normalized spacial score (nSPS) is 18.2. The highest BCUT2D eigenvalue weighted by atomic mass is 15.3. The van der Waals surface area contributed by atoms with Crippen LogP contribution in [0.2, 0.25) is 0 Å². The molecule has 286 valence electrons. The molecule has 1 unspecified atom stereocenters. The van der Waals surface area contributed by atoms with Gasteiger partial charge >= 0.3 is 0 Å². The van der Waals surface area contributed by atoms with Crippen molar-refractivity contribution in [3.8, 4) is 27.9 Å². The summed E-state index contributed by atoms with van der Waals surface area (Å²) in [6, 6.07) is 51.0. The number of aliphatic imine (C=N–C) groups is 2. The fraction of sp³-hybridized carbons (Fsp3) is 0.164. The molecule has 0 spiro atoms. The number of allylic oxidation sites excluding steroid dienone is 6. The van der Waals surface area contributed by atoms with Crippen molar-refractivity contribution < 1.29 is 0 Å². The number of amidine groups is 2. The number of fused-ring (bicyclic) bond motifs is 5. The molecule has 2 heterocycles. The van der Waals surface area contributed by atoms with Gasteiger partial charge in [-0.05, 0) is 112 Å². The number of rotatable bonds is 6. The molecule has 0 N–H and O–H groups in total. The summed E-state index contributed by atoms with van der Waals surface area (Å²) in [4.78, 5) is 12.7. The van der Waals surface area contributed by atoms with Gasteiger partial charge in [0.15, 0.2) is 5.84 Å². The molecule has 1 aromatic heterocycles. The monoisotopic (exact) mass is 762 g/mol. The molecule has 1 atom stereocenters. The van der Waals surface area contributed by atoms with E-state index in [0.29, 0.717) is 0 Å². The maximum absolute atomic E-state index is 5.29. The van der Waals surface area contributed by atoms with Crippen LogP contribution >= 0.6 is 0 Å². The van der Waals surface area contributed by atoms with E-state index in [1.165, 1.54) is 66.3 Å². The zero-order valence-corrected chi connectivity index (χ0v) is 33.9. The first-order valence-electron chi connectivity index (χ1n) is 21.0. The molecular weight excluding hydrogens is 717 g/mol. The minimum Gasteiger partial charge on any atom is -0.333 e. The van der Waals surface area contributed by atoms with E-state index in [1.807, 2.05) is 0 Å². The third kappa shape index (κ3) is 5.80. The Bertz CT molecular complexity index is 3020. The summed E-state index contributed by atoms with van der Waals surface area (Å²) in [5, 5.41) is 2.47. The van der Waals surface area contributed by atoms with Gasteiger partial charge in [0.2, 0.25) is 0 Å². The number of hydrogen-bond acceptors (Lipinski definition) is 3. The van der Waals surface area contributed by atoms with Crippen molar-refractivity contribution in [1.29, 1.82) is 0 Å². The van der Waals surface area contributed by atoms with Crippen molar-refractivity contribution >= 4 is 39.1 Å². The smallest absolute Gasteiger partial charge is 0.159 e. The Balaban J connectivity index is 0.967. The van der Waals surface area contributed by atoms with E-state index in [9.17, 15) is 0 Å². The molecule has 4 heteroatoms. The number of aromatic nitrogens is 1. The van der Waals surface area contributed by atoms with Gasteiger partial charge < -0.3 is 9.47 Å². The van der Waals surface area contributed by atoms with E-state index >= 15 is 0 Å². The molecule has 0 saturated carbocycles. The second kappa shape index (κ2) is 14.0. The minimum atomic E-state index is -0.144. The van der Waals surface area contributed by atoms with Crippen molar-refractivity contribution in [2.75, 3.05) is 7.05 Å². The lowest BCUT2D eigenvalue weighted by Crippen LogP contribution is -2.41. The fourth-order valence-corrected chi connectivity index (χ4v) is 10.1. The predicted octanol–water partition coefficient (Wildman–Crippen LogP) is 13.3. The zero-order chi connectivity index (χ0) is 39.7. The van der Waals surface area contributed by atoms with E-state index in [1.54, 1.807) is 0 Å². The first kappa shape index (κ1) is 35.4.